The Labute approximate surface area is 118 Å². The molecule has 1 atom stereocenters. The summed E-state index contributed by atoms with van der Waals surface area (Å²) in [5, 5.41) is 2.17. The lowest BCUT2D eigenvalue weighted by atomic mass is 9.90. The predicted molar refractivity (Wildman–Crippen MR) is 78.1 cm³/mol. The van der Waals surface area contributed by atoms with E-state index in [-0.39, 0.29) is 0 Å². The van der Waals surface area contributed by atoms with E-state index in [0.29, 0.717) is 12.8 Å². The fraction of sp³-hybridized carbons (Fsp3) is 0.294. The molecule has 0 fully saturated rings. The van der Waals surface area contributed by atoms with Gasteiger partial charge in [-0.3, -0.25) is 9.59 Å². The van der Waals surface area contributed by atoms with Crippen LogP contribution in [0.1, 0.15) is 25.8 Å². The van der Waals surface area contributed by atoms with Crippen molar-refractivity contribution in [3.8, 4) is 0 Å². The number of fused-ring (bicyclic) bond motifs is 1. The molecule has 0 N–H and O–H groups in total. The smallest absolute Gasteiger partial charge is 0.303 e. The first-order valence-electron chi connectivity index (χ1n) is 6.66. The summed E-state index contributed by atoms with van der Waals surface area (Å²) in [5.41, 5.74) is -0.217. The van der Waals surface area contributed by atoms with E-state index in [1.807, 2.05) is 55.7 Å². The van der Waals surface area contributed by atoms with E-state index in [1.54, 1.807) is 0 Å². The Kier molecular flexibility index (Phi) is 4.18. The fourth-order valence-electron chi connectivity index (χ4n) is 2.39. The van der Waals surface area contributed by atoms with E-state index in [1.165, 1.54) is 6.92 Å². The highest BCUT2D eigenvalue weighted by molar-refractivity contribution is 5.86. The number of hydrogen-bond acceptors (Lipinski definition) is 3. The average molecular weight is 269 g/mol. The molecule has 0 aliphatic carbocycles. The van der Waals surface area contributed by atoms with Crippen molar-refractivity contribution in [2.45, 2.75) is 32.3 Å². The highest BCUT2D eigenvalue weighted by atomic mass is 16.6. The number of carbonyl (C=O) groups excluding carboxylic acids is 2. The summed E-state index contributed by atoms with van der Waals surface area (Å²) in [4.78, 5) is 22.6. The lowest BCUT2D eigenvalue weighted by molar-refractivity contribution is -0.150. The third-order valence-electron chi connectivity index (χ3n) is 3.45. The number of benzene rings is 2. The van der Waals surface area contributed by atoms with Crippen molar-refractivity contribution in [3.63, 3.8) is 0 Å². The van der Waals surface area contributed by atoms with Gasteiger partial charge < -0.3 is 4.74 Å². The first kappa shape index (κ1) is 14.3. The Morgan fingerprint density at radius 2 is 1.90 bits per heavy atom. The molecule has 0 aliphatic rings. The minimum atomic E-state index is -1.20. The molecule has 2 rings (SSSR count). The minimum absolute atomic E-state index is 0.341. The molecule has 2 aromatic rings. The van der Waals surface area contributed by atoms with Gasteiger partial charge in [0.2, 0.25) is 6.29 Å². The molecule has 0 aliphatic heterocycles. The minimum Gasteiger partial charge on any atom is -0.450 e. The number of ether oxygens (including phenoxy) is 1. The van der Waals surface area contributed by atoms with Gasteiger partial charge in [-0.25, -0.2) is 0 Å². The Morgan fingerprint density at radius 1 is 1.20 bits per heavy atom. The maximum absolute atomic E-state index is 11.3. The third kappa shape index (κ3) is 2.87. The van der Waals surface area contributed by atoms with Gasteiger partial charge in [0.25, 0.3) is 0 Å². The maximum Gasteiger partial charge on any atom is 0.303 e. The first-order valence-corrected chi connectivity index (χ1v) is 6.66. The second-order valence-electron chi connectivity index (χ2n) is 4.86. The molecule has 1 radical (unpaired) electrons. The van der Waals surface area contributed by atoms with Crippen LogP contribution in [0.3, 0.4) is 0 Å². The normalized spacial score (nSPS) is 13.7. The Hall–Kier alpha value is -2.16. The van der Waals surface area contributed by atoms with Gasteiger partial charge in [-0.05, 0) is 22.8 Å². The maximum atomic E-state index is 11.3. The topological polar surface area (TPSA) is 43.4 Å². The van der Waals surface area contributed by atoms with Crippen molar-refractivity contribution in [1.29, 1.82) is 0 Å². The molecule has 3 heteroatoms. The van der Waals surface area contributed by atoms with Gasteiger partial charge in [-0.1, -0.05) is 49.4 Å². The lowest BCUT2D eigenvalue weighted by Gasteiger charge is -2.26. The molecule has 1 unspecified atom stereocenters. The quantitative estimate of drug-likeness (QED) is 0.783. The summed E-state index contributed by atoms with van der Waals surface area (Å²) in [5.74, 6) is -0.463. The highest BCUT2D eigenvalue weighted by Gasteiger charge is 2.33. The average Bonchev–Trinajstić information content (AvgIpc) is 2.46. The van der Waals surface area contributed by atoms with Crippen LogP contribution in [0.5, 0.6) is 0 Å². The first-order chi connectivity index (χ1) is 9.60. The third-order valence-corrected chi connectivity index (χ3v) is 3.45. The Morgan fingerprint density at radius 3 is 2.55 bits per heavy atom. The standard InChI is InChI=1S/C17H17O3/c1-3-17(12-18,20-13(2)19)11-15-9-6-8-14-7-4-5-10-16(14)15/h4-10H,3,11H2,1-2H3. The van der Waals surface area contributed by atoms with Crippen LogP contribution in [0.25, 0.3) is 10.8 Å². The van der Waals surface area contributed by atoms with Crippen molar-refractivity contribution in [3.05, 3.63) is 48.0 Å². The van der Waals surface area contributed by atoms with Crippen LogP contribution in [-0.2, 0) is 20.7 Å². The highest BCUT2D eigenvalue weighted by Crippen LogP contribution is 2.26. The molecule has 0 bridgehead atoms. The summed E-state index contributed by atoms with van der Waals surface area (Å²) in [6, 6.07) is 13.9. The van der Waals surface area contributed by atoms with Crippen molar-refractivity contribution >= 4 is 23.0 Å². The van der Waals surface area contributed by atoms with Crippen LogP contribution >= 0.6 is 0 Å². The zero-order valence-electron chi connectivity index (χ0n) is 11.7. The van der Waals surface area contributed by atoms with Gasteiger partial charge in [0.05, 0.1) is 0 Å². The molecule has 0 spiro atoms. The molecule has 3 nitrogen and oxygen atoms in total. The van der Waals surface area contributed by atoms with Gasteiger partial charge in [0.15, 0.2) is 5.60 Å². The van der Waals surface area contributed by atoms with Crippen molar-refractivity contribution in [1.82, 2.24) is 0 Å². The largest absolute Gasteiger partial charge is 0.450 e. The van der Waals surface area contributed by atoms with Crippen LogP contribution in [0.4, 0.5) is 0 Å². The van der Waals surface area contributed by atoms with Crippen LogP contribution in [0, 0.1) is 0 Å². The van der Waals surface area contributed by atoms with Crippen molar-refractivity contribution in [2.24, 2.45) is 0 Å². The van der Waals surface area contributed by atoms with Gasteiger partial charge in [0, 0.05) is 13.3 Å². The number of carbonyl (C=O) groups is 1. The van der Waals surface area contributed by atoms with Crippen LogP contribution in [0.2, 0.25) is 0 Å². The van der Waals surface area contributed by atoms with E-state index < -0.39 is 11.6 Å². The van der Waals surface area contributed by atoms with Crippen molar-refractivity contribution < 1.29 is 14.3 Å². The monoisotopic (exact) mass is 269 g/mol. The van der Waals surface area contributed by atoms with Gasteiger partial charge in [0.1, 0.15) is 0 Å². The summed E-state index contributed by atoms with van der Waals surface area (Å²) in [7, 11) is 0. The molecule has 0 aromatic heterocycles. The second kappa shape index (κ2) is 5.87. The molecule has 0 saturated carbocycles. The van der Waals surface area contributed by atoms with E-state index in [0.717, 1.165) is 16.3 Å². The molecule has 0 saturated heterocycles. The fourth-order valence-corrected chi connectivity index (χ4v) is 2.39. The van der Waals surface area contributed by atoms with Crippen LogP contribution in [0.15, 0.2) is 42.5 Å². The van der Waals surface area contributed by atoms with E-state index in [9.17, 15) is 9.59 Å². The molecule has 2 aromatic carbocycles. The molecular weight excluding hydrogens is 252 g/mol. The molecule has 0 amide bonds. The van der Waals surface area contributed by atoms with E-state index in [4.69, 9.17) is 4.74 Å². The number of hydrogen-bond donors (Lipinski definition) is 0. The Bertz CT molecular complexity index is 628. The predicted octanol–water partition coefficient (Wildman–Crippen LogP) is 3.20. The Balaban J connectivity index is 2.43. The number of rotatable bonds is 5. The SMILES string of the molecule is CCC([C]=O)(Cc1cccc2ccccc12)OC(C)=O. The lowest BCUT2D eigenvalue weighted by Crippen LogP contribution is -2.38. The summed E-state index contributed by atoms with van der Waals surface area (Å²) < 4.78 is 5.23. The van der Waals surface area contributed by atoms with Gasteiger partial charge >= 0.3 is 5.97 Å². The van der Waals surface area contributed by atoms with Gasteiger partial charge in [-0.2, -0.15) is 0 Å². The second-order valence-corrected chi connectivity index (χ2v) is 4.86. The molecular formula is C17H17O3. The van der Waals surface area contributed by atoms with Crippen molar-refractivity contribution in [2.75, 3.05) is 0 Å². The zero-order chi connectivity index (χ0) is 14.6. The van der Waals surface area contributed by atoms with Gasteiger partial charge in [-0.15, -0.1) is 0 Å². The molecule has 20 heavy (non-hydrogen) atoms. The number of esters is 1. The summed E-state index contributed by atoms with van der Waals surface area (Å²) >= 11 is 0. The summed E-state index contributed by atoms with van der Waals surface area (Å²) in [6.45, 7) is 3.13. The zero-order valence-corrected chi connectivity index (χ0v) is 11.7. The van der Waals surface area contributed by atoms with Crippen LogP contribution in [-0.4, -0.2) is 17.9 Å². The van der Waals surface area contributed by atoms with Crippen LogP contribution < -0.4 is 0 Å². The van der Waals surface area contributed by atoms with E-state index >= 15 is 0 Å². The molecule has 0 heterocycles. The molecule has 103 valence electrons. The summed E-state index contributed by atoms with van der Waals surface area (Å²) in [6.07, 6.45) is 2.66. The van der Waals surface area contributed by atoms with E-state index in [2.05, 4.69) is 0 Å².